The number of hydrogen-bond acceptors (Lipinski definition) is 36. The van der Waals surface area contributed by atoms with Gasteiger partial charge in [0.2, 0.25) is 17.5 Å². The Morgan fingerprint density at radius 2 is 1.22 bits per heavy atom. The number of carbonyl (C=O) groups excluding carboxylic acids is 8. The average Bonchev–Trinajstić information content (AvgIpc) is 1.31. The van der Waals surface area contributed by atoms with Crippen LogP contribution in [0.2, 0.25) is 5.02 Å². The molecule has 6 aliphatic heterocycles. The van der Waals surface area contributed by atoms with E-state index in [1.54, 1.807) is 18.7 Å². The number of ether oxygens (including phenoxy) is 9. The Morgan fingerprint density at radius 1 is 0.657 bits per heavy atom. The lowest BCUT2D eigenvalue weighted by atomic mass is 9.72. The zero-order valence-electron chi connectivity index (χ0n) is 78.0. The van der Waals surface area contributed by atoms with Gasteiger partial charge in [0, 0.05) is 149 Å². The van der Waals surface area contributed by atoms with Crippen molar-refractivity contribution in [3.8, 4) is 34.5 Å². The molecule has 18 atom stereocenters. The highest BCUT2D eigenvalue weighted by Crippen LogP contribution is 2.57. The number of halogens is 4. The van der Waals surface area contributed by atoms with Crippen LogP contribution in [0.1, 0.15) is 230 Å². The summed E-state index contributed by atoms with van der Waals surface area (Å²) in [5.74, 6) is -5.93. The molecule has 8 aromatic rings. The smallest absolute Gasteiger partial charge is 0.469 e. The normalized spacial score (nSPS) is 27.8. The summed E-state index contributed by atoms with van der Waals surface area (Å²) in [4.78, 5) is 141. The number of hydrogen-bond donors (Lipinski definition) is 16. The van der Waals surface area contributed by atoms with Gasteiger partial charge in [-0.2, -0.15) is 14.4 Å². The van der Waals surface area contributed by atoms with E-state index in [0.29, 0.717) is 38.0 Å². The number of primary amides is 1. The molecule has 9 heterocycles. The number of pyridine rings is 1. The Hall–Kier alpha value is -10.2. The molecule has 6 fully saturated rings. The number of ketones is 6. The van der Waals surface area contributed by atoms with E-state index in [4.69, 9.17) is 91.9 Å². The van der Waals surface area contributed by atoms with Crippen molar-refractivity contribution in [1.82, 2.24) is 34.3 Å². The standard InChI is InChI=1S/C32H37NO12.C27H31Br2ClN4O2.C27H29NO10.C10H13FN5O7P/c1-14-31(45-21-8-3-4-9-42-21)17(33)10-22(43-14)44-19-12-32(40,20(35)13-34)11-16-24(19)30(39)26-25(28(16)37)27(36)15-6-5-7-18(41-2)23(15)29(26)38;28-20-12-19-2-1-18-13-21(30)14-22(29)24(18)25(26(19)32-15-20)17-5-9-33(10-6-17)23(35)11-16-3-7-34(8-4-16)27(31)36;1-10-22(30)14(28)7-17(37-10)38-16-9-27(35,11(2)29)8-13-19(16)26(34)21-20(24(13)32)23(31)12-5-4-6-15(36-3)18(12)25(21)33;11-10-14-7(12)4-8(15-10)16(2-13-4)9-6(18)5(17)3(23-9)1-22-24(19,20)21/h5-7,14,17,19,21-22,31,34,37,39-40H,3-4,8-13,33H2,1-2H3;12-17,25H,1-11H2,(H2,31,36);4-6,10,14,16-17,22,30,32,34-35H,7-9,28H2,1-3H3;2-3,5-6,9,17-18H,1H2,(H2,12,14,15)(H2,19,20,21)/t14-,17-,19-,21+,22-,31+,32-;25-;10-,14-,16-,17-,22+,27-;3-,5-,6+,9-/m0101/s1. The second-order valence-corrected chi connectivity index (χ2v) is 41.0. The minimum absolute atomic E-state index is 0.0147. The Morgan fingerprint density at radius 3 is 1.76 bits per heavy atom. The summed E-state index contributed by atoms with van der Waals surface area (Å²) in [5, 5.41) is 109. The second kappa shape index (κ2) is 42.7. The van der Waals surface area contributed by atoms with Gasteiger partial charge in [0.05, 0.1) is 96.7 Å². The number of phenolic OH excluding ortho intramolecular Hbond substituents is 4. The third-order valence-corrected chi connectivity index (χ3v) is 30.4. The first-order valence-corrected chi connectivity index (χ1v) is 50.1. The molecule has 3 aromatic heterocycles. The van der Waals surface area contributed by atoms with E-state index in [1.165, 1.54) is 74.2 Å². The zero-order valence-corrected chi connectivity index (χ0v) is 82.9. The molecular weight excluding hydrogens is 2050 g/mol. The molecule has 0 saturated carbocycles. The van der Waals surface area contributed by atoms with Crippen LogP contribution in [0.25, 0.3) is 11.2 Å². The van der Waals surface area contributed by atoms with Crippen LogP contribution in [0, 0.1) is 17.9 Å². The topological polar surface area (TPSA) is 656 Å². The van der Waals surface area contributed by atoms with Gasteiger partial charge in [0.15, 0.2) is 65.2 Å². The van der Waals surface area contributed by atoms with Gasteiger partial charge in [-0.3, -0.25) is 47.6 Å². The van der Waals surface area contributed by atoms with E-state index >= 15 is 0 Å². The number of urea groups is 1. The van der Waals surface area contributed by atoms with E-state index in [-0.39, 0.29) is 110 Å². The van der Waals surface area contributed by atoms with Crippen molar-refractivity contribution in [3.63, 3.8) is 0 Å². The van der Waals surface area contributed by atoms with Crippen molar-refractivity contribution in [2.45, 2.75) is 233 Å². The van der Waals surface area contributed by atoms with Crippen LogP contribution in [-0.2, 0) is 82.3 Å². The average molecular weight is 2160 g/mol. The van der Waals surface area contributed by atoms with Gasteiger partial charge in [-0.05, 0) is 153 Å². The molecule has 0 radical (unpaired) electrons. The molecule has 143 heavy (non-hydrogen) atoms. The van der Waals surface area contributed by atoms with Gasteiger partial charge in [0.25, 0.3) is 0 Å². The van der Waals surface area contributed by atoms with Crippen LogP contribution >= 0.6 is 51.3 Å². The molecule has 5 aliphatic carbocycles. The summed E-state index contributed by atoms with van der Waals surface area (Å²) in [6.07, 6.45) is -4.11. The van der Waals surface area contributed by atoms with Crippen LogP contribution in [-0.4, -0.2) is 287 Å². The summed E-state index contributed by atoms with van der Waals surface area (Å²) in [7, 11) is -2.10. The van der Waals surface area contributed by atoms with Crippen LogP contribution in [0.5, 0.6) is 34.5 Å². The van der Waals surface area contributed by atoms with Gasteiger partial charge in [0.1, 0.15) is 76.7 Å². The quantitative estimate of drug-likeness (QED) is 0.0239. The molecule has 0 spiro atoms. The lowest BCUT2D eigenvalue weighted by Crippen LogP contribution is -2.55. The highest BCUT2D eigenvalue weighted by molar-refractivity contribution is 9.10. The monoisotopic (exact) mass is 2160 g/mol. The third kappa shape index (κ3) is 21.1. The van der Waals surface area contributed by atoms with Crippen molar-refractivity contribution in [1.29, 1.82) is 0 Å². The maximum atomic E-state index is 13.8. The number of Topliss-reactive ketones (excluding diaryl/α,β-unsaturated/α-hetero) is 2. The number of aliphatic hydroxyl groups is 6. The highest BCUT2D eigenvalue weighted by Gasteiger charge is 2.55. The van der Waals surface area contributed by atoms with E-state index < -0.39 is 230 Å². The van der Waals surface area contributed by atoms with Crippen LogP contribution in [0.4, 0.5) is 15.0 Å². The molecule has 19 rings (SSSR count). The number of fused-ring (bicyclic) bond motifs is 9. The van der Waals surface area contributed by atoms with E-state index in [2.05, 4.69) is 63.5 Å². The Bertz CT molecular complexity index is 6360. The molecule has 20 N–H and O–H groups in total. The molecular formula is C96H110Br2ClFN11O31P. The number of aryl methyl sites for hydroxylation is 2. The number of phenols is 4. The van der Waals surface area contributed by atoms with Gasteiger partial charge in [-0.15, -0.1) is 0 Å². The fourth-order valence-corrected chi connectivity index (χ4v) is 23.1. The van der Waals surface area contributed by atoms with Crippen molar-refractivity contribution in [3.05, 3.63) is 176 Å². The lowest BCUT2D eigenvalue weighted by molar-refractivity contribution is -0.281. The summed E-state index contributed by atoms with van der Waals surface area (Å²) < 4.78 is 83.4. The number of aliphatic hydroxyl groups excluding tert-OH is 4. The number of phosphoric acid groups is 1. The fraction of sp³-hybridized carbons (Fsp3) is 0.500. The van der Waals surface area contributed by atoms with Crippen molar-refractivity contribution >= 4 is 115 Å². The number of nitrogens with zero attached hydrogens (tertiary/aromatic N) is 7. The number of carbonyl (C=O) groups is 8. The van der Waals surface area contributed by atoms with E-state index in [1.807, 2.05) is 17.2 Å². The minimum atomic E-state index is -4.78. The zero-order chi connectivity index (χ0) is 103. The molecule has 3 amide bonds. The first-order chi connectivity index (χ1) is 67.8. The van der Waals surface area contributed by atoms with Crippen LogP contribution in [0.15, 0.2) is 76.1 Å². The molecule has 768 valence electrons. The number of aromatic hydroxyl groups is 4. The Kier molecular flexibility index (Phi) is 31.6. The molecule has 47 heteroatoms. The maximum absolute atomic E-state index is 13.8. The number of phosphoric ester groups is 1. The number of imidazole rings is 1. The molecule has 11 aliphatic rings. The first kappa shape index (κ1) is 106. The predicted octanol–water partition coefficient (Wildman–Crippen LogP) is 6.77. The van der Waals surface area contributed by atoms with Crippen molar-refractivity contribution in [2.75, 3.05) is 66.0 Å². The van der Waals surface area contributed by atoms with E-state index in [0.717, 1.165) is 101 Å². The number of aromatic nitrogens is 5. The Balaban J connectivity index is 0.000000140. The minimum Gasteiger partial charge on any atom is -0.507 e. The predicted molar refractivity (Wildman–Crippen MR) is 506 cm³/mol. The third-order valence-electron chi connectivity index (χ3n) is 28.6. The summed E-state index contributed by atoms with van der Waals surface area (Å²) in [5.41, 5.74) is 21.9. The number of anilines is 1. The summed E-state index contributed by atoms with van der Waals surface area (Å²) in [6.45, 7) is 6.31. The number of piperidine rings is 2. The van der Waals surface area contributed by atoms with Gasteiger partial charge in [-0.25, -0.2) is 14.3 Å². The SMILES string of the molecule is COc1cccc2c1C(=O)c1c(O)c3c(c(O)c1C2=O)C[C@@](O)(C(=O)CO)C[C@@H]3O[C@H]1C[C@H](N)[C@H](O[C@@H]2CCCCO2)[C@H](C)O1.COc1cccc2c1C(=O)c1c(O)c3c(c(O)c1C2=O)C[C@@](O)(C(C)=O)C[C@@H]3O[C@H]1C[C@H](N)[C@H](O)[C@H](C)O1.NC(=O)N1CCC(CC(=O)N2CCC([C@H]3c4ncc(Br)cc4CCc4cc(Cl)cc(Br)c43)CC2)CC1.Nc1nc(F)nc2c1ncn2[C@@H]1O[C@H](COP(=O)(O)O)[C@@H](O)[C@@H]1O. The molecule has 0 unspecified atom stereocenters. The number of nitrogens with two attached hydrogens (primary N) is 4. The fourth-order valence-electron chi connectivity index (χ4n) is 21.2. The maximum Gasteiger partial charge on any atom is 0.469 e. The largest absolute Gasteiger partial charge is 0.507 e. The lowest BCUT2D eigenvalue weighted by Gasteiger charge is -2.43. The molecule has 42 nitrogen and oxygen atoms in total. The van der Waals surface area contributed by atoms with Crippen LogP contribution in [0.3, 0.4) is 0 Å². The number of likely N-dealkylation sites (tertiary alicyclic amines) is 2. The Labute approximate surface area is 838 Å². The number of rotatable bonds is 18. The number of amides is 3. The first-order valence-electron chi connectivity index (χ1n) is 46.6. The van der Waals surface area contributed by atoms with Crippen LogP contribution < -0.4 is 32.4 Å². The highest BCUT2D eigenvalue weighted by atomic mass is 79.9. The van der Waals surface area contributed by atoms with Crippen molar-refractivity contribution in [2.24, 2.45) is 29.0 Å². The van der Waals surface area contributed by atoms with Gasteiger partial charge in [-0.1, -0.05) is 51.8 Å². The summed E-state index contributed by atoms with van der Waals surface area (Å²) >= 11 is 13.9. The molecule has 0 bridgehead atoms. The number of nitrogen functional groups attached to an aromatic ring is 1. The number of benzene rings is 5. The molecule has 6 saturated heterocycles. The van der Waals surface area contributed by atoms with E-state index in [9.17, 15) is 98.4 Å². The number of methoxy groups -OCH3 is 2. The molecule has 5 aromatic carbocycles. The van der Waals surface area contributed by atoms with Gasteiger partial charge >= 0.3 is 19.9 Å². The summed E-state index contributed by atoms with van der Waals surface area (Å²) in [6, 6.07) is 13.6. The van der Waals surface area contributed by atoms with Gasteiger partial charge < -0.3 is 136 Å². The second-order valence-electron chi connectivity index (χ2n) is 37.6. The van der Waals surface area contributed by atoms with Crippen molar-refractivity contribution < 1.29 is 155 Å².